The number of fused-ring (bicyclic) bond motifs is 1. The number of rotatable bonds is 13. The Morgan fingerprint density at radius 2 is 1.13 bits per heavy atom. The van der Waals surface area contributed by atoms with Gasteiger partial charge in [-0.25, -0.2) is 4.79 Å². The first-order valence-corrected chi connectivity index (χ1v) is 20.9. The lowest BCUT2D eigenvalue weighted by Gasteiger charge is -2.52. The first-order valence-electron chi connectivity index (χ1n) is 20.9. The van der Waals surface area contributed by atoms with Gasteiger partial charge in [-0.1, -0.05) is 6.08 Å². The molecule has 8 unspecified atom stereocenters. The number of aliphatic carboxylic acids is 1. The van der Waals surface area contributed by atoms with Crippen molar-refractivity contribution in [2.24, 2.45) is 17.8 Å². The summed E-state index contributed by atoms with van der Waals surface area (Å²) in [4.78, 5) is 35.4. The van der Waals surface area contributed by atoms with E-state index in [9.17, 15) is 70.6 Å². The van der Waals surface area contributed by atoms with Crippen LogP contribution in [0.25, 0.3) is 0 Å². The first-order chi connectivity index (χ1) is 28.9. The van der Waals surface area contributed by atoms with Gasteiger partial charge in [0.2, 0.25) is 0 Å². The van der Waals surface area contributed by atoms with Crippen LogP contribution in [0.4, 0.5) is 0 Å². The lowest BCUT2D eigenvalue weighted by Crippen LogP contribution is -2.63. The maximum Gasteiger partial charge on any atom is 0.330 e. The van der Waals surface area contributed by atoms with Gasteiger partial charge in [-0.3, -0.25) is 9.59 Å². The monoisotopic (exact) mass is 880 g/mol. The summed E-state index contributed by atoms with van der Waals surface area (Å²) >= 11 is 0. The molecule has 22 nitrogen and oxygen atoms in total. The summed E-state index contributed by atoms with van der Waals surface area (Å²) in [6.07, 6.45) is -22.4. The Hall–Kier alpha value is -2.49. The maximum absolute atomic E-state index is 12.6. The second kappa shape index (κ2) is 21.0. The van der Waals surface area contributed by atoms with Crippen LogP contribution in [0, 0.1) is 17.8 Å². The third-order valence-electron chi connectivity index (χ3n) is 12.8. The van der Waals surface area contributed by atoms with E-state index in [-0.39, 0.29) is 44.1 Å². The van der Waals surface area contributed by atoms with Gasteiger partial charge in [-0.2, -0.15) is 0 Å². The van der Waals surface area contributed by atoms with Gasteiger partial charge in [-0.15, -0.1) is 0 Å². The van der Waals surface area contributed by atoms with Crippen LogP contribution >= 0.6 is 0 Å². The van der Waals surface area contributed by atoms with E-state index in [2.05, 4.69) is 0 Å². The summed E-state index contributed by atoms with van der Waals surface area (Å²) in [7, 11) is 0. The van der Waals surface area contributed by atoms with Gasteiger partial charge in [0, 0.05) is 18.4 Å². The van der Waals surface area contributed by atoms with Crippen molar-refractivity contribution in [3.8, 4) is 0 Å². The van der Waals surface area contributed by atoms with Gasteiger partial charge in [0.25, 0.3) is 0 Å². The molecule has 12 N–H and O–H groups in total. The third kappa shape index (κ3) is 11.8. The molecule has 0 aromatic heterocycles. The van der Waals surface area contributed by atoms with E-state index in [1.54, 1.807) is 6.08 Å². The average Bonchev–Trinajstić information content (AvgIpc) is 3.21. The number of ether oxygens (including phenoxy) is 7. The highest BCUT2D eigenvalue weighted by atomic mass is 16.7. The predicted octanol–water partition coefficient (Wildman–Crippen LogP) is -4.54. The second-order valence-corrected chi connectivity index (χ2v) is 17.2. The molecule has 18 atom stereocenters. The number of carbonyl (C=O) groups is 3. The number of hydrogen-bond acceptors (Lipinski definition) is 21. The molecule has 0 aromatic rings. The Kier molecular flexibility index (Phi) is 16.5. The smallest absolute Gasteiger partial charge is 0.330 e. The van der Waals surface area contributed by atoms with Crippen molar-refractivity contribution in [2.45, 2.75) is 181 Å². The number of allylic oxidation sites excluding steroid dienone is 1. The van der Waals surface area contributed by atoms with Gasteiger partial charge < -0.3 is 94.4 Å². The highest BCUT2D eigenvalue weighted by Crippen LogP contribution is 2.45. The standard InChI is InChI=1S/C39H60O22/c40-17-4-1-15(2-5-17)3-6-28(46)55-13-25-31(49)34(52)36(54)39(61-25)59-24-11-19-22(57-37(24)16-7-20(42)30(48)21(43)8-16)9-18(41)10-23(19)58-38-35(53)33(51)32(50)26(60-38)14-56-29(47)12-27(44)45/h3,6,15-26,30-43,48-54H,1-2,4-5,7-14H2,(H,44,45)/t15?,16?,17?,18?,19?,20?,21?,22?,23?,24?,25-,26-,30?,31-,32-,33+,34+,35-,36-,37?,38-,39-/m1/s1. The molecule has 3 aliphatic carbocycles. The fraction of sp³-hybridized carbons (Fsp3) is 0.872. The molecule has 22 heteroatoms. The maximum atomic E-state index is 12.6. The number of esters is 2. The molecule has 348 valence electrons. The lowest BCUT2D eigenvalue weighted by atomic mass is 9.72. The van der Waals surface area contributed by atoms with Gasteiger partial charge >= 0.3 is 17.9 Å². The van der Waals surface area contributed by atoms with Gasteiger partial charge in [0.05, 0.1) is 48.8 Å². The minimum absolute atomic E-state index is 0.0178. The van der Waals surface area contributed by atoms with Crippen molar-refractivity contribution in [3.63, 3.8) is 0 Å². The fourth-order valence-corrected chi connectivity index (χ4v) is 9.35. The topological polar surface area (TPSA) is 359 Å². The van der Waals surface area contributed by atoms with Crippen LogP contribution in [0.5, 0.6) is 0 Å². The summed E-state index contributed by atoms with van der Waals surface area (Å²) < 4.78 is 40.8. The number of aliphatic hydroxyl groups excluding tert-OH is 11. The quantitative estimate of drug-likeness (QED) is 0.0471. The number of hydrogen-bond donors (Lipinski definition) is 12. The number of carbonyl (C=O) groups excluding carboxylic acids is 2. The lowest BCUT2D eigenvalue weighted by molar-refractivity contribution is -0.345. The zero-order valence-corrected chi connectivity index (χ0v) is 33.3. The van der Waals surface area contributed by atoms with Crippen molar-refractivity contribution in [2.75, 3.05) is 13.2 Å². The summed E-state index contributed by atoms with van der Waals surface area (Å²) in [6.45, 7) is -1.26. The van der Waals surface area contributed by atoms with E-state index in [1.165, 1.54) is 6.08 Å². The summed E-state index contributed by atoms with van der Waals surface area (Å²) in [5.41, 5.74) is 0. The highest BCUT2D eigenvalue weighted by Gasteiger charge is 2.55. The molecule has 6 rings (SSSR count). The molecular weight excluding hydrogens is 820 g/mol. The average molecular weight is 881 g/mol. The van der Waals surface area contributed by atoms with Crippen LogP contribution in [0.15, 0.2) is 12.2 Å². The normalized spacial score (nSPS) is 47.0. The Bertz CT molecular complexity index is 1480. The zero-order valence-electron chi connectivity index (χ0n) is 33.3. The summed E-state index contributed by atoms with van der Waals surface area (Å²) in [5.74, 6) is -4.71. The predicted molar refractivity (Wildman–Crippen MR) is 197 cm³/mol. The van der Waals surface area contributed by atoms with Crippen LogP contribution in [0.1, 0.15) is 64.2 Å². The van der Waals surface area contributed by atoms with Gasteiger partial charge in [0.1, 0.15) is 74.6 Å². The molecular formula is C39H60O22. The molecule has 3 aliphatic heterocycles. The molecule has 3 saturated heterocycles. The molecule has 0 aromatic carbocycles. The summed E-state index contributed by atoms with van der Waals surface area (Å²) in [6, 6.07) is 0. The zero-order chi connectivity index (χ0) is 44.3. The van der Waals surface area contributed by atoms with Crippen LogP contribution in [-0.2, 0) is 47.5 Å². The van der Waals surface area contributed by atoms with Gasteiger partial charge in [-0.05, 0) is 63.2 Å². The highest BCUT2D eigenvalue weighted by molar-refractivity contribution is 5.90. The Labute approximate surface area is 350 Å². The Balaban J connectivity index is 1.17. The van der Waals surface area contributed by atoms with Gasteiger partial charge in [0.15, 0.2) is 12.6 Å². The van der Waals surface area contributed by atoms with E-state index in [1.807, 2.05) is 0 Å². The number of carboxylic acid groups (broad SMARTS) is 1. The third-order valence-corrected chi connectivity index (χ3v) is 12.8. The van der Waals surface area contributed by atoms with Crippen LogP contribution in [0.2, 0.25) is 0 Å². The van der Waals surface area contributed by atoms with E-state index < -0.39 is 160 Å². The fourth-order valence-electron chi connectivity index (χ4n) is 9.35. The molecule has 6 aliphatic rings. The molecule has 0 amide bonds. The first kappa shape index (κ1) is 48.0. The van der Waals surface area contributed by atoms with Crippen molar-refractivity contribution in [1.29, 1.82) is 0 Å². The van der Waals surface area contributed by atoms with Crippen LogP contribution in [0.3, 0.4) is 0 Å². The summed E-state index contributed by atoms with van der Waals surface area (Å²) in [5, 5.41) is 126. The molecule has 3 saturated carbocycles. The molecule has 0 spiro atoms. The second-order valence-electron chi connectivity index (χ2n) is 17.2. The van der Waals surface area contributed by atoms with Crippen molar-refractivity contribution in [1.82, 2.24) is 0 Å². The van der Waals surface area contributed by atoms with E-state index in [0.29, 0.717) is 25.7 Å². The molecule has 6 fully saturated rings. The molecule has 0 radical (unpaired) electrons. The largest absolute Gasteiger partial charge is 0.481 e. The van der Waals surface area contributed by atoms with Crippen molar-refractivity contribution in [3.05, 3.63) is 12.2 Å². The van der Waals surface area contributed by atoms with E-state index >= 15 is 0 Å². The van der Waals surface area contributed by atoms with Crippen molar-refractivity contribution >= 4 is 17.9 Å². The molecule has 0 bridgehead atoms. The number of aliphatic hydroxyl groups is 11. The van der Waals surface area contributed by atoms with E-state index in [0.717, 1.165) is 0 Å². The molecule has 3 heterocycles. The van der Waals surface area contributed by atoms with Crippen molar-refractivity contribution < 1.29 is 109 Å². The van der Waals surface area contributed by atoms with E-state index in [4.69, 9.17) is 38.3 Å². The Morgan fingerprint density at radius 3 is 1.70 bits per heavy atom. The molecule has 61 heavy (non-hydrogen) atoms. The Morgan fingerprint density at radius 1 is 0.574 bits per heavy atom. The minimum atomic E-state index is -1.88. The minimum Gasteiger partial charge on any atom is -0.481 e. The SMILES string of the molecule is O=C(O)CC(=O)OC[C@H]1O[C@@H](OC2CC(O)CC3OC(C4CC(O)C(O)C(O)C4)C(O[C@@H]4O[C@H](COC(=O)C=CC5CCC(O)CC5)[C@@H](O)[C@H](O)[C@H]4O)CC32)[C@H](O)[C@@H](O)[C@@H]1O. The van der Waals surface area contributed by atoms with Crippen LogP contribution in [-0.4, -0.2) is 209 Å². The number of carboxylic acids is 1. The van der Waals surface area contributed by atoms with Crippen LogP contribution < -0.4 is 0 Å².